The van der Waals surface area contributed by atoms with Crippen molar-refractivity contribution >= 4 is 18.4 Å². The molecule has 13 heavy (non-hydrogen) atoms. The van der Waals surface area contributed by atoms with Crippen molar-refractivity contribution in [3.8, 4) is 0 Å². The number of nitrogens with one attached hydrogen (secondary N) is 1. The van der Waals surface area contributed by atoms with Crippen molar-refractivity contribution in [1.82, 2.24) is 5.32 Å². The van der Waals surface area contributed by atoms with E-state index < -0.39 is 5.97 Å². The van der Waals surface area contributed by atoms with Gasteiger partial charge >= 0.3 is 5.97 Å². The molecular weight excluding hydrogens is 194 g/mol. The summed E-state index contributed by atoms with van der Waals surface area (Å²) in [7, 11) is 0. The standard InChI is InChI=1S/C8H15NO3.ClH/c10-8(11)3-6-12-7-1-4-9-5-2-7;/h7,9H,1-6H2,(H,10,11);1H. The molecule has 0 aliphatic carbocycles. The predicted octanol–water partition coefficient (Wildman–Crippen LogP) is 0.651. The summed E-state index contributed by atoms with van der Waals surface area (Å²) >= 11 is 0. The van der Waals surface area contributed by atoms with Crippen molar-refractivity contribution in [2.24, 2.45) is 0 Å². The van der Waals surface area contributed by atoms with Gasteiger partial charge in [-0.15, -0.1) is 12.4 Å². The van der Waals surface area contributed by atoms with E-state index in [4.69, 9.17) is 9.84 Å². The molecule has 1 saturated heterocycles. The average molecular weight is 210 g/mol. The predicted molar refractivity (Wildman–Crippen MR) is 51.3 cm³/mol. The third-order valence-electron chi connectivity index (χ3n) is 1.96. The fourth-order valence-electron chi connectivity index (χ4n) is 1.28. The molecule has 78 valence electrons. The SMILES string of the molecule is Cl.O=C(O)CCOC1CCNCC1. The molecule has 0 saturated carbocycles. The topological polar surface area (TPSA) is 58.6 Å². The second-order valence-electron chi connectivity index (χ2n) is 2.96. The zero-order valence-corrected chi connectivity index (χ0v) is 8.31. The summed E-state index contributed by atoms with van der Waals surface area (Å²) in [6.07, 6.45) is 2.38. The molecule has 1 aliphatic rings. The van der Waals surface area contributed by atoms with Gasteiger partial charge in [0.2, 0.25) is 0 Å². The maximum Gasteiger partial charge on any atom is 0.305 e. The van der Waals surface area contributed by atoms with Gasteiger partial charge in [0.05, 0.1) is 19.1 Å². The van der Waals surface area contributed by atoms with E-state index in [2.05, 4.69) is 5.32 Å². The monoisotopic (exact) mass is 209 g/mol. The van der Waals surface area contributed by atoms with Gasteiger partial charge in [0.25, 0.3) is 0 Å². The fourth-order valence-corrected chi connectivity index (χ4v) is 1.28. The molecule has 0 aromatic carbocycles. The molecule has 0 unspecified atom stereocenters. The third kappa shape index (κ3) is 5.85. The molecule has 0 radical (unpaired) electrons. The van der Waals surface area contributed by atoms with Gasteiger partial charge in [-0.2, -0.15) is 0 Å². The number of carboxylic acids is 1. The molecule has 5 heteroatoms. The first kappa shape index (κ1) is 12.7. The Morgan fingerprint density at radius 2 is 2.08 bits per heavy atom. The Morgan fingerprint density at radius 3 is 2.62 bits per heavy atom. The first-order valence-corrected chi connectivity index (χ1v) is 4.33. The summed E-state index contributed by atoms with van der Waals surface area (Å²) in [5.74, 6) is -0.788. The molecule has 1 rings (SSSR count). The van der Waals surface area contributed by atoms with Crippen LogP contribution in [0.4, 0.5) is 0 Å². The van der Waals surface area contributed by atoms with Gasteiger partial charge in [0.15, 0.2) is 0 Å². The highest BCUT2D eigenvalue weighted by Gasteiger charge is 2.12. The molecule has 1 heterocycles. The van der Waals surface area contributed by atoms with Crippen LogP contribution in [0.3, 0.4) is 0 Å². The maximum absolute atomic E-state index is 10.1. The van der Waals surface area contributed by atoms with Crippen LogP contribution < -0.4 is 5.32 Å². The lowest BCUT2D eigenvalue weighted by Crippen LogP contribution is -2.32. The molecular formula is C8H16ClNO3. The largest absolute Gasteiger partial charge is 0.481 e. The molecule has 1 fully saturated rings. The van der Waals surface area contributed by atoms with E-state index in [9.17, 15) is 4.79 Å². The van der Waals surface area contributed by atoms with Crippen LogP contribution in [0.2, 0.25) is 0 Å². The molecule has 0 atom stereocenters. The molecule has 0 spiro atoms. The first-order chi connectivity index (χ1) is 5.79. The maximum atomic E-state index is 10.1. The van der Waals surface area contributed by atoms with E-state index >= 15 is 0 Å². The second kappa shape index (κ2) is 7.12. The molecule has 4 nitrogen and oxygen atoms in total. The minimum atomic E-state index is -0.788. The summed E-state index contributed by atoms with van der Waals surface area (Å²) in [4.78, 5) is 10.1. The van der Waals surface area contributed by atoms with Crippen LogP contribution in [-0.4, -0.2) is 36.9 Å². The van der Waals surface area contributed by atoms with Crippen LogP contribution in [0.15, 0.2) is 0 Å². The van der Waals surface area contributed by atoms with E-state index in [-0.39, 0.29) is 24.9 Å². The Hall–Kier alpha value is -0.320. The highest BCUT2D eigenvalue weighted by atomic mass is 35.5. The van der Waals surface area contributed by atoms with Gasteiger partial charge in [-0.3, -0.25) is 4.79 Å². The molecule has 0 aromatic heterocycles. The lowest BCUT2D eigenvalue weighted by atomic mass is 10.1. The number of carboxylic acid groups (broad SMARTS) is 1. The van der Waals surface area contributed by atoms with Crippen molar-refractivity contribution in [2.45, 2.75) is 25.4 Å². The van der Waals surface area contributed by atoms with E-state index in [1.807, 2.05) is 0 Å². The Bertz CT molecular complexity index is 148. The molecule has 2 N–H and O–H groups in total. The highest BCUT2D eigenvalue weighted by molar-refractivity contribution is 5.85. The van der Waals surface area contributed by atoms with Crippen molar-refractivity contribution in [1.29, 1.82) is 0 Å². The van der Waals surface area contributed by atoms with Crippen LogP contribution in [0.1, 0.15) is 19.3 Å². The zero-order chi connectivity index (χ0) is 8.81. The quantitative estimate of drug-likeness (QED) is 0.714. The van der Waals surface area contributed by atoms with E-state index in [0.717, 1.165) is 25.9 Å². The van der Waals surface area contributed by atoms with E-state index in [1.165, 1.54) is 0 Å². The number of rotatable bonds is 4. The van der Waals surface area contributed by atoms with Gasteiger partial charge in [-0.1, -0.05) is 0 Å². The molecule has 0 amide bonds. The lowest BCUT2D eigenvalue weighted by molar-refractivity contribution is -0.138. The molecule has 0 aromatic rings. The van der Waals surface area contributed by atoms with Gasteiger partial charge in [0, 0.05) is 0 Å². The smallest absolute Gasteiger partial charge is 0.305 e. The van der Waals surface area contributed by atoms with Crippen LogP contribution >= 0.6 is 12.4 Å². The Labute approximate surface area is 84.1 Å². The zero-order valence-electron chi connectivity index (χ0n) is 7.49. The summed E-state index contributed by atoms with van der Waals surface area (Å²) in [5, 5.41) is 11.6. The van der Waals surface area contributed by atoms with Crippen molar-refractivity contribution in [3.05, 3.63) is 0 Å². The molecule has 0 bridgehead atoms. The van der Waals surface area contributed by atoms with Crippen LogP contribution in [0, 0.1) is 0 Å². The fraction of sp³-hybridized carbons (Fsp3) is 0.875. The number of piperidine rings is 1. The normalized spacial score (nSPS) is 17.8. The second-order valence-corrected chi connectivity index (χ2v) is 2.96. The van der Waals surface area contributed by atoms with Gasteiger partial charge in [-0.05, 0) is 25.9 Å². The van der Waals surface area contributed by atoms with Crippen LogP contribution in [0.25, 0.3) is 0 Å². The van der Waals surface area contributed by atoms with E-state index in [1.54, 1.807) is 0 Å². The van der Waals surface area contributed by atoms with Gasteiger partial charge in [-0.25, -0.2) is 0 Å². The van der Waals surface area contributed by atoms with Crippen molar-refractivity contribution in [2.75, 3.05) is 19.7 Å². The lowest BCUT2D eigenvalue weighted by Gasteiger charge is -2.22. The summed E-state index contributed by atoms with van der Waals surface area (Å²) < 4.78 is 5.37. The van der Waals surface area contributed by atoms with Crippen LogP contribution in [-0.2, 0) is 9.53 Å². The summed E-state index contributed by atoms with van der Waals surface area (Å²) in [6.45, 7) is 2.31. The average Bonchev–Trinajstić information content (AvgIpc) is 2.05. The number of halogens is 1. The highest BCUT2D eigenvalue weighted by Crippen LogP contribution is 2.06. The Kier molecular flexibility index (Phi) is 6.94. The number of aliphatic carboxylic acids is 1. The third-order valence-corrected chi connectivity index (χ3v) is 1.96. The van der Waals surface area contributed by atoms with Crippen LogP contribution in [0.5, 0.6) is 0 Å². The number of ether oxygens (including phenoxy) is 1. The minimum absolute atomic E-state index is 0. The number of hydrogen-bond donors (Lipinski definition) is 2. The Morgan fingerprint density at radius 1 is 1.46 bits per heavy atom. The minimum Gasteiger partial charge on any atom is -0.481 e. The number of carbonyl (C=O) groups is 1. The summed E-state index contributed by atoms with van der Waals surface area (Å²) in [6, 6.07) is 0. The number of hydrogen-bond acceptors (Lipinski definition) is 3. The van der Waals surface area contributed by atoms with Gasteiger partial charge < -0.3 is 15.2 Å². The summed E-state index contributed by atoms with van der Waals surface area (Å²) in [5.41, 5.74) is 0. The van der Waals surface area contributed by atoms with Crippen molar-refractivity contribution < 1.29 is 14.6 Å². The van der Waals surface area contributed by atoms with E-state index in [0.29, 0.717) is 6.61 Å². The Balaban J connectivity index is 0.00000144. The first-order valence-electron chi connectivity index (χ1n) is 4.33. The van der Waals surface area contributed by atoms with Gasteiger partial charge in [0.1, 0.15) is 0 Å². The van der Waals surface area contributed by atoms with Crippen molar-refractivity contribution in [3.63, 3.8) is 0 Å². The molecule has 1 aliphatic heterocycles.